The predicted octanol–water partition coefficient (Wildman–Crippen LogP) is -0.733. The summed E-state index contributed by atoms with van der Waals surface area (Å²) in [4.78, 5) is 32.9. The summed E-state index contributed by atoms with van der Waals surface area (Å²) in [5, 5.41) is 23.7. The minimum Gasteiger partial charge on any atom is -0.515 e. The second-order valence-corrected chi connectivity index (χ2v) is 3.90. The number of hydrogen-bond donors (Lipinski definition) is 4. The molecule has 2 amide bonds. The first-order valence-corrected chi connectivity index (χ1v) is 5.98. The smallest absolute Gasteiger partial charge is 0.234 e. The van der Waals surface area contributed by atoms with Crippen molar-refractivity contribution in [1.29, 1.82) is 0 Å². The van der Waals surface area contributed by atoms with Gasteiger partial charge in [-0.15, -0.1) is 0 Å². The highest BCUT2D eigenvalue weighted by atomic mass is 16.2. The van der Waals surface area contributed by atoms with Crippen molar-refractivity contribution in [2.45, 2.75) is 0 Å². The van der Waals surface area contributed by atoms with Crippen LogP contribution in [0, 0.1) is 0 Å². The van der Waals surface area contributed by atoms with Gasteiger partial charge in [-0.2, -0.15) is 15.0 Å². The zero-order chi connectivity index (χ0) is 15.9. The highest BCUT2D eigenvalue weighted by Crippen LogP contribution is 2.13. The molecule has 0 aliphatic rings. The molecule has 0 fully saturated rings. The molecule has 2 aromatic rings. The van der Waals surface area contributed by atoms with E-state index in [1.165, 1.54) is 0 Å². The molecule has 0 saturated carbocycles. The molecule has 0 unspecified atom stereocenters. The number of hydrogen-bond acceptors (Lipinski definition) is 7. The van der Waals surface area contributed by atoms with Crippen molar-refractivity contribution in [2.75, 3.05) is 10.6 Å². The van der Waals surface area contributed by atoms with Crippen LogP contribution in [0.5, 0.6) is 0 Å². The number of anilines is 2. The second kappa shape index (κ2) is 6.79. The number of aromatic nitrogens is 3. The Morgan fingerprint density at radius 2 is 1.55 bits per heavy atom. The first-order valence-electron chi connectivity index (χ1n) is 5.98. The zero-order valence-corrected chi connectivity index (χ0v) is 11.1. The Morgan fingerprint density at radius 3 is 2.05 bits per heavy atom. The largest absolute Gasteiger partial charge is 0.515 e. The van der Waals surface area contributed by atoms with E-state index in [0.717, 1.165) is 12.5 Å². The normalized spacial score (nSPS) is 12.0. The van der Waals surface area contributed by atoms with Crippen molar-refractivity contribution in [2.24, 2.45) is 0 Å². The van der Waals surface area contributed by atoms with Crippen molar-refractivity contribution in [1.82, 2.24) is 15.0 Å². The number of carbonyl (C=O) groups is 2. The van der Waals surface area contributed by atoms with Gasteiger partial charge in [-0.3, -0.25) is 20.2 Å². The van der Waals surface area contributed by atoms with Gasteiger partial charge in [0.1, 0.15) is 0 Å². The molecular formula is C13H11N5O4. The Balaban J connectivity index is 2.71. The molecular weight excluding hydrogens is 290 g/mol. The summed E-state index contributed by atoms with van der Waals surface area (Å²) in [6.45, 7) is 0. The van der Waals surface area contributed by atoms with Gasteiger partial charge in [-0.05, 0) is 0 Å². The molecule has 0 atom stereocenters. The molecule has 22 heavy (non-hydrogen) atoms. The van der Waals surface area contributed by atoms with E-state index < -0.39 is 0 Å². The maximum absolute atomic E-state index is 10.5. The van der Waals surface area contributed by atoms with E-state index in [9.17, 15) is 19.8 Å². The van der Waals surface area contributed by atoms with Crippen LogP contribution >= 0.6 is 0 Å². The maximum Gasteiger partial charge on any atom is 0.234 e. The fourth-order valence-corrected chi connectivity index (χ4v) is 1.77. The van der Waals surface area contributed by atoms with Gasteiger partial charge in [-0.25, -0.2) is 0 Å². The zero-order valence-electron chi connectivity index (χ0n) is 11.1. The fourth-order valence-electron chi connectivity index (χ4n) is 1.77. The fraction of sp³-hybridized carbons (Fsp3) is 0. The topological polar surface area (TPSA) is 137 Å². The van der Waals surface area contributed by atoms with Gasteiger partial charge in [0.25, 0.3) is 0 Å². The van der Waals surface area contributed by atoms with Gasteiger partial charge < -0.3 is 10.2 Å². The van der Waals surface area contributed by atoms with E-state index in [4.69, 9.17) is 0 Å². The van der Waals surface area contributed by atoms with Crippen LogP contribution in [0.25, 0.3) is 23.9 Å². The van der Waals surface area contributed by atoms with Crippen LogP contribution in [0.2, 0.25) is 0 Å². The van der Waals surface area contributed by atoms with E-state index >= 15 is 0 Å². The second-order valence-electron chi connectivity index (χ2n) is 3.90. The molecule has 9 heteroatoms. The maximum atomic E-state index is 10.5. The van der Waals surface area contributed by atoms with Gasteiger partial charge in [0.15, 0.2) is 5.82 Å². The summed E-state index contributed by atoms with van der Waals surface area (Å²) in [6.07, 6.45) is 2.37. The highest BCUT2D eigenvalue weighted by molar-refractivity contribution is 5.72. The van der Waals surface area contributed by atoms with Gasteiger partial charge in [0, 0.05) is 16.0 Å². The van der Waals surface area contributed by atoms with E-state index in [1.807, 2.05) is 0 Å². The van der Waals surface area contributed by atoms with Crippen LogP contribution in [-0.2, 0) is 9.59 Å². The predicted molar refractivity (Wildman–Crippen MR) is 78.1 cm³/mol. The number of carbonyl (C=O) groups excluding carboxylic acids is 2. The SMILES string of the molecule is O=CNc1nc(NC=O)nc(-c2cccc(=CO)c2=CO)n1. The van der Waals surface area contributed by atoms with Crippen molar-refractivity contribution in [3.63, 3.8) is 0 Å². The molecule has 0 spiro atoms. The molecule has 0 radical (unpaired) electrons. The summed E-state index contributed by atoms with van der Waals surface area (Å²) in [5.41, 5.74) is 0.371. The van der Waals surface area contributed by atoms with Crippen LogP contribution in [0.1, 0.15) is 0 Å². The average molecular weight is 301 g/mol. The summed E-state index contributed by atoms with van der Waals surface area (Å²) in [5.74, 6) is -0.0639. The van der Waals surface area contributed by atoms with Crippen LogP contribution in [0.4, 0.5) is 11.9 Å². The number of benzene rings is 1. The minimum absolute atomic E-state index is 0.0772. The van der Waals surface area contributed by atoms with E-state index in [-0.39, 0.29) is 22.9 Å². The monoisotopic (exact) mass is 301 g/mol. The number of nitrogens with one attached hydrogen (secondary N) is 2. The van der Waals surface area contributed by atoms with Crippen molar-refractivity contribution >= 4 is 37.2 Å². The van der Waals surface area contributed by atoms with Crippen LogP contribution in [-0.4, -0.2) is 38.0 Å². The molecule has 0 saturated heterocycles. The third-order valence-corrected chi connectivity index (χ3v) is 2.66. The quantitative estimate of drug-likeness (QED) is 0.534. The average Bonchev–Trinajstić information content (AvgIpc) is 2.54. The lowest BCUT2D eigenvalue weighted by Gasteiger charge is -2.06. The van der Waals surface area contributed by atoms with Gasteiger partial charge in [0.2, 0.25) is 24.7 Å². The Bertz CT molecular complexity index is 793. The summed E-state index contributed by atoms with van der Waals surface area (Å²) < 4.78 is 0. The molecule has 1 aromatic heterocycles. The Morgan fingerprint density at radius 1 is 0.909 bits per heavy atom. The van der Waals surface area contributed by atoms with Gasteiger partial charge >= 0.3 is 0 Å². The van der Waals surface area contributed by atoms with E-state index in [2.05, 4.69) is 25.6 Å². The van der Waals surface area contributed by atoms with Crippen LogP contribution in [0.15, 0.2) is 18.2 Å². The molecule has 9 nitrogen and oxygen atoms in total. The number of aliphatic hydroxyl groups is 2. The molecule has 0 bridgehead atoms. The first-order chi connectivity index (χ1) is 10.7. The molecule has 112 valence electrons. The molecule has 0 aliphatic carbocycles. The van der Waals surface area contributed by atoms with E-state index in [1.54, 1.807) is 18.2 Å². The van der Waals surface area contributed by atoms with Gasteiger partial charge in [0.05, 0.1) is 12.5 Å². The highest BCUT2D eigenvalue weighted by Gasteiger charge is 2.10. The molecule has 1 heterocycles. The minimum atomic E-state index is -0.0772. The Kier molecular flexibility index (Phi) is 4.60. The van der Waals surface area contributed by atoms with Crippen LogP contribution < -0.4 is 21.1 Å². The molecule has 2 rings (SSSR count). The lowest BCUT2D eigenvalue weighted by molar-refractivity contribution is -0.106. The molecule has 4 N–H and O–H groups in total. The number of amides is 2. The summed E-state index contributed by atoms with van der Waals surface area (Å²) in [6, 6.07) is 4.79. The number of nitrogens with zero attached hydrogens (tertiary/aromatic N) is 3. The molecule has 1 aromatic carbocycles. The number of aliphatic hydroxyl groups excluding tert-OH is 2. The summed E-state index contributed by atoms with van der Waals surface area (Å²) in [7, 11) is 0. The van der Waals surface area contributed by atoms with Crippen molar-refractivity contribution < 1.29 is 19.8 Å². The van der Waals surface area contributed by atoms with E-state index in [0.29, 0.717) is 23.6 Å². The van der Waals surface area contributed by atoms with Gasteiger partial charge in [-0.1, -0.05) is 18.2 Å². The lowest BCUT2D eigenvalue weighted by atomic mass is 10.1. The Hall–Kier alpha value is -3.49. The number of rotatable bonds is 5. The Labute approximate surface area is 123 Å². The molecule has 0 aliphatic heterocycles. The first kappa shape index (κ1) is 14.9. The van der Waals surface area contributed by atoms with Crippen molar-refractivity contribution in [3.05, 3.63) is 28.6 Å². The standard InChI is InChI=1S/C13H11N5O4/c19-4-8-2-1-3-9(10(8)5-20)11-16-12(14-6-21)18-13(17-11)15-7-22/h1-7,19-20H,(H2,14,15,16,17,18,21,22). The summed E-state index contributed by atoms with van der Waals surface area (Å²) >= 11 is 0. The third-order valence-electron chi connectivity index (χ3n) is 2.66. The lowest BCUT2D eigenvalue weighted by Crippen LogP contribution is -2.27. The van der Waals surface area contributed by atoms with Crippen molar-refractivity contribution in [3.8, 4) is 11.4 Å². The third kappa shape index (κ3) is 2.98. The van der Waals surface area contributed by atoms with Crippen LogP contribution in [0.3, 0.4) is 0 Å².